The SMILES string of the molecule is CCCc1cc(O)ccc1C[C@H](NC(=O)OC(C)(C)C)C(=O)NC. The number of ether oxygens (including phenoxy) is 1. The van der Waals surface area contributed by atoms with Gasteiger partial charge in [-0.3, -0.25) is 4.79 Å². The summed E-state index contributed by atoms with van der Waals surface area (Å²) in [6.45, 7) is 7.34. The van der Waals surface area contributed by atoms with Gasteiger partial charge in [0, 0.05) is 13.5 Å². The van der Waals surface area contributed by atoms with E-state index in [0.29, 0.717) is 6.42 Å². The molecule has 134 valence electrons. The molecule has 0 aromatic heterocycles. The van der Waals surface area contributed by atoms with E-state index in [1.807, 2.05) is 6.92 Å². The molecule has 1 rings (SSSR count). The maximum atomic E-state index is 12.1. The van der Waals surface area contributed by atoms with Gasteiger partial charge in [0.15, 0.2) is 0 Å². The quantitative estimate of drug-likeness (QED) is 0.745. The number of aryl methyl sites for hydroxylation is 1. The molecule has 0 radical (unpaired) electrons. The van der Waals surface area contributed by atoms with Gasteiger partial charge in [0.1, 0.15) is 17.4 Å². The molecule has 0 saturated carbocycles. The molecule has 1 atom stereocenters. The van der Waals surface area contributed by atoms with Gasteiger partial charge in [-0.15, -0.1) is 0 Å². The molecule has 6 nitrogen and oxygen atoms in total. The van der Waals surface area contributed by atoms with Crippen LogP contribution in [0.3, 0.4) is 0 Å². The van der Waals surface area contributed by atoms with Crippen molar-refractivity contribution in [3.05, 3.63) is 29.3 Å². The first kappa shape index (κ1) is 19.8. The Morgan fingerprint density at radius 1 is 1.25 bits per heavy atom. The van der Waals surface area contributed by atoms with Gasteiger partial charge in [0.2, 0.25) is 5.91 Å². The van der Waals surface area contributed by atoms with Gasteiger partial charge < -0.3 is 20.5 Å². The van der Waals surface area contributed by atoms with Crippen LogP contribution < -0.4 is 10.6 Å². The van der Waals surface area contributed by atoms with E-state index in [2.05, 4.69) is 10.6 Å². The summed E-state index contributed by atoms with van der Waals surface area (Å²) in [5.74, 6) is -0.102. The highest BCUT2D eigenvalue weighted by atomic mass is 16.6. The first-order chi connectivity index (χ1) is 11.2. The Morgan fingerprint density at radius 3 is 2.46 bits per heavy atom. The van der Waals surface area contributed by atoms with E-state index in [1.54, 1.807) is 39.0 Å². The van der Waals surface area contributed by atoms with Crippen LogP contribution in [0.15, 0.2) is 18.2 Å². The van der Waals surface area contributed by atoms with Crippen molar-refractivity contribution in [3.63, 3.8) is 0 Å². The second-order valence-corrected chi connectivity index (χ2v) is 6.72. The number of aromatic hydroxyl groups is 1. The highest BCUT2D eigenvalue weighted by Crippen LogP contribution is 2.20. The summed E-state index contributed by atoms with van der Waals surface area (Å²) in [6.07, 6.45) is 1.40. The summed E-state index contributed by atoms with van der Waals surface area (Å²) in [7, 11) is 1.52. The average molecular weight is 336 g/mol. The normalized spacial score (nSPS) is 12.4. The van der Waals surface area contributed by atoms with E-state index in [0.717, 1.165) is 24.0 Å². The minimum atomic E-state index is -0.745. The van der Waals surface area contributed by atoms with Crippen LogP contribution in [-0.4, -0.2) is 35.8 Å². The van der Waals surface area contributed by atoms with Crippen molar-refractivity contribution in [1.29, 1.82) is 0 Å². The van der Waals surface area contributed by atoms with Crippen LogP contribution in [0.5, 0.6) is 5.75 Å². The number of rotatable bonds is 6. The number of amides is 2. The number of phenolic OH excluding ortho intramolecular Hbond substituents is 1. The number of alkyl carbamates (subject to hydrolysis) is 1. The molecule has 2 amide bonds. The third-order valence-corrected chi connectivity index (χ3v) is 3.39. The zero-order valence-corrected chi connectivity index (χ0v) is 15.1. The summed E-state index contributed by atoms with van der Waals surface area (Å²) in [5.41, 5.74) is 1.25. The van der Waals surface area contributed by atoms with Crippen LogP contribution in [0.25, 0.3) is 0 Å². The fraction of sp³-hybridized carbons (Fsp3) is 0.556. The molecule has 0 aliphatic rings. The van der Waals surface area contributed by atoms with Gasteiger partial charge >= 0.3 is 6.09 Å². The Morgan fingerprint density at radius 2 is 1.92 bits per heavy atom. The van der Waals surface area contributed by atoms with Crippen LogP contribution in [-0.2, 0) is 22.4 Å². The van der Waals surface area contributed by atoms with E-state index in [1.165, 1.54) is 7.05 Å². The minimum absolute atomic E-state index is 0.193. The zero-order chi connectivity index (χ0) is 18.3. The molecule has 0 spiro atoms. The average Bonchev–Trinajstić information content (AvgIpc) is 2.46. The topological polar surface area (TPSA) is 87.7 Å². The second kappa shape index (κ2) is 8.57. The first-order valence-electron chi connectivity index (χ1n) is 8.18. The molecule has 0 aliphatic heterocycles. The number of likely N-dealkylation sites (N-methyl/N-ethyl adjacent to an activating group) is 1. The van der Waals surface area contributed by atoms with Crippen molar-refractivity contribution < 1.29 is 19.4 Å². The monoisotopic (exact) mass is 336 g/mol. The lowest BCUT2D eigenvalue weighted by atomic mass is 9.96. The van der Waals surface area contributed by atoms with Crippen molar-refractivity contribution in [3.8, 4) is 5.75 Å². The Kier molecular flexibility index (Phi) is 7.07. The van der Waals surface area contributed by atoms with Crippen LogP contribution >= 0.6 is 0 Å². The van der Waals surface area contributed by atoms with Gasteiger partial charge in [-0.2, -0.15) is 0 Å². The molecule has 0 fully saturated rings. The molecule has 6 heteroatoms. The maximum Gasteiger partial charge on any atom is 0.408 e. The summed E-state index contributed by atoms with van der Waals surface area (Å²) in [5, 5.41) is 14.8. The van der Waals surface area contributed by atoms with E-state index < -0.39 is 17.7 Å². The largest absolute Gasteiger partial charge is 0.508 e. The van der Waals surface area contributed by atoms with Crippen molar-refractivity contribution >= 4 is 12.0 Å². The first-order valence-corrected chi connectivity index (χ1v) is 8.18. The van der Waals surface area contributed by atoms with Crippen LogP contribution in [0.4, 0.5) is 4.79 Å². The van der Waals surface area contributed by atoms with E-state index in [-0.39, 0.29) is 11.7 Å². The molecular formula is C18H28N2O4. The molecule has 1 aromatic carbocycles. The lowest BCUT2D eigenvalue weighted by Crippen LogP contribution is -2.48. The Bertz CT molecular complexity index is 579. The fourth-order valence-corrected chi connectivity index (χ4v) is 2.37. The highest BCUT2D eigenvalue weighted by molar-refractivity contribution is 5.85. The summed E-state index contributed by atoms with van der Waals surface area (Å²) < 4.78 is 5.23. The highest BCUT2D eigenvalue weighted by Gasteiger charge is 2.24. The molecule has 3 N–H and O–H groups in total. The molecule has 1 aromatic rings. The standard InChI is InChI=1S/C18H28N2O4/c1-6-7-12-10-14(21)9-8-13(12)11-15(16(22)19-5)20-17(23)24-18(2,3)4/h8-10,15,21H,6-7,11H2,1-5H3,(H,19,22)(H,20,23)/t15-/m0/s1. The molecule has 0 bridgehead atoms. The number of benzene rings is 1. The van der Waals surface area contributed by atoms with E-state index in [9.17, 15) is 14.7 Å². The number of carbonyl (C=O) groups excluding carboxylic acids is 2. The Hall–Kier alpha value is -2.24. The third-order valence-electron chi connectivity index (χ3n) is 3.39. The Labute approximate surface area is 143 Å². The van der Waals surface area contributed by atoms with Gasteiger partial charge in [-0.05, 0) is 50.5 Å². The van der Waals surface area contributed by atoms with Crippen molar-refractivity contribution in [2.45, 2.75) is 58.6 Å². The van der Waals surface area contributed by atoms with Gasteiger partial charge in [-0.1, -0.05) is 19.4 Å². The van der Waals surface area contributed by atoms with Crippen LogP contribution in [0, 0.1) is 0 Å². The second-order valence-electron chi connectivity index (χ2n) is 6.72. The molecule has 0 saturated heterocycles. The number of nitrogens with one attached hydrogen (secondary N) is 2. The molecular weight excluding hydrogens is 308 g/mol. The van der Waals surface area contributed by atoms with Gasteiger partial charge in [0.05, 0.1) is 0 Å². The van der Waals surface area contributed by atoms with Crippen molar-refractivity contribution in [2.75, 3.05) is 7.05 Å². The van der Waals surface area contributed by atoms with E-state index >= 15 is 0 Å². The molecule has 0 aliphatic carbocycles. The lowest BCUT2D eigenvalue weighted by Gasteiger charge is -2.23. The summed E-state index contributed by atoms with van der Waals surface area (Å²) in [4.78, 5) is 24.1. The number of hydrogen-bond acceptors (Lipinski definition) is 4. The van der Waals surface area contributed by atoms with E-state index in [4.69, 9.17) is 4.74 Å². The molecule has 0 heterocycles. The molecule has 0 unspecified atom stereocenters. The number of hydrogen-bond donors (Lipinski definition) is 3. The van der Waals surface area contributed by atoms with Crippen molar-refractivity contribution in [2.24, 2.45) is 0 Å². The zero-order valence-electron chi connectivity index (χ0n) is 15.1. The predicted octanol–water partition coefficient (Wildman–Crippen LogP) is 2.53. The smallest absolute Gasteiger partial charge is 0.408 e. The Balaban J connectivity index is 2.95. The minimum Gasteiger partial charge on any atom is -0.508 e. The predicted molar refractivity (Wildman–Crippen MR) is 93.0 cm³/mol. The van der Waals surface area contributed by atoms with Crippen LogP contribution in [0.2, 0.25) is 0 Å². The maximum absolute atomic E-state index is 12.1. The van der Waals surface area contributed by atoms with Gasteiger partial charge in [0.25, 0.3) is 0 Å². The van der Waals surface area contributed by atoms with Gasteiger partial charge in [-0.25, -0.2) is 4.79 Å². The van der Waals surface area contributed by atoms with Crippen molar-refractivity contribution in [1.82, 2.24) is 10.6 Å². The number of phenols is 1. The fourth-order valence-electron chi connectivity index (χ4n) is 2.37. The number of carbonyl (C=O) groups is 2. The van der Waals surface area contributed by atoms with Crippen LogP contribution in [0.1, 0.15) is 45.2 Å². The molecule has 24 heavy (non-hydrogen) atoms. The summed E-state index contributed by atoms with van der Waals surface area (Å²) in [6, 6.07) is 4.33. The third kappa shape index (κ3) is 6.48. The lowest BCUT2D eigenvalue weighted by molar-refractivity contribution is -0.122. The summed E-state index contributed by atoms with van der Waals surface area (Å²) >= 11 is 0.